The van der Waals surface area contributed by atoms with Crippen molar-refractivity contribution in [1.82, 2.24) is 10.6 Å². The van der Waals surface area contributed by atoms with Gasteiger partial charge in [-0.05, 0) is 32.9 Å². The van der Waals surface area contributed by atoms with Crippen LogP contribution in [0.4, 0.5) is 0 Å². The van der Waals surface area contributed by atoms with E-state index in [2.05, 4.69) is 17.6 Å². The normalized spacial score (nSPS) is 12.5. The molecule has 0 aromatic heterocycles. The molecular weight excluding hydrogens is 190 g/mol. The fourth-order valence-corrected chi connectivity index (χ4v) is 1.25. The zero-order valence-corrected chi connectivity index (χ0v) is 10.0. The molecule has 0 aromatic carbocycles. The fraction of sp³-hybridized carbons (Fsp3) is 0.909. The third-order valence-electron chi connectivity index (χ3n) is 2.30. The molecule has 0 aliphatic rings. The van der Waals surface area contributed by atoms with Crippen LogP contribution in [0.25, 0.3) is 0 Å². The number of hydrogen-bond acceptors (Lipinski definition) is 3. The standard InChI is InChI=1S/C11H25N3O/c1-3-4-5-8-14-11(15)10(2)13-9-6-7-12/h10,13H,3-9,12H2,1-2H3,(H,14,15). The topological polar surface area (TPSA) is 67.2 Å². The van der Waals surface area contributed by atoms with Crippen molar-refractivity contribution >= 4 is 5.91 Å². The van der Waals surface area contributed by atoms with Crippen LogP contribution in [-0.4, -0.2) is 31.6 Å². The van der Waals surface area contributed by atoms with Crippen LogP contribution in [0, 0.1) is 0 Å². The van der Waals surface area contributed by atoms with Crippen molar-refractivity contribution < 1.29 is 4.79 Å². The summed E-state index contributed by atoms with van der Waals surface area (Å²) in [7, 11) is 0. The van der Waals surface area contributed by atoms with E-state index in [4.69, 9.17) is 5.73 Å². The lowest BCUT2D eigenvalue weighted by atomic mass is 10.2. The minimum Gasteiger partial charge on any atom is -0.355 e. The van der Waals surface area contributed by atoms with Crippen LogP contribution in [-0.2, 0) is 4.79 Å². The summed E-state index contributed by atoms with van der Waals surface area (Å²) in [4.78, 5) is 11.5. The van der Waals surface area contributed by atoms with Crippen molar-refractivity contribution in [2.75, 3.05) is 19.6 Å². The average Bonchev–Trinajstić information content (AvgIpc) is 2.24. The van der Waals surface area contributed by atoms with Gasteiger partial charge in [-0.3, -0.25) is 4.79 Å². The van der Waals surface area contributed by atoms with Gasteiger partial charge in [-0.15, -0.1) is 0 Å². The zero-order valence-electron chi connectivity index (χ0n) is 10.0. The van der Waals surface area contributed by atoms with Gasteiger partial charge >= 0.3 is 0 Å². The van der Waals surface area contributed by atoms with E-state index in [0.717, 1.165) is 25.9 Å². The van der Waals surface area contributed by atoms with Crippen molar-refractivity contribution in [3.63, 3.8) is 0 Å². The van der Waals surface area contributed by atoms with Gasteiger partial charge in [0.2, 0.25) is 5.91 Å². The Morgan fingerprint density at radius 2 is 2.00 bits per heavy atom. The Morgan fingerprint density at radius 3 is 2.60 bits per heavy atom. The highest BCUT2D eigenvalue weighted by atomic mass is 16.2. The van der Waals surface area contributed by atoms with E-state index in [-0.39, 0.29) is 11.9 Å². The number of nitrogens with one attached hydrogen (secondary N) is 2. The largest absolute Gasteiger partial charge is 0.355 e. The van der Waals surface area contributed by atoms with E-state index in [1.54, 1.807) is 0 Å². The lowest BCUT2D eigenvalue weighted by molar-refractivity contribution is -0.122. The summed E-state index contributed by atoms with van der Waals surface area (Å²) in [6.07, 6.45) is 4.33. The number of hydrogen-bond donors (Lipinski definition) is 3. The lowest BCUT2D eigenvalue weighted by Crippen LogP contribution is -2.43. The predicted molar refractivity (Wildman–Crippen MR) is 63.7 cm³/mol. The second kappa shape index (κ2) is 9.93. The summed E-state index contributed by atoms with van der Waals surface area (Å²) in [6, 6.07) is -0.113. The van der Waals surface area contributed by atoms with Crippen molar-refractivity contribution in [2.45, 2.75) is 45.6 Å². The second-order valence-corrected chi connectivity index (χ2v) is 3.82. The molecule has 0 rings (SSSR count). The van der Waals surface area contributed by atoms with Gasteiger partial charge < -0.3 is 16.4 Å². The molecule has 0 heterocycles. The molecule has 1 unspecified atom stereocenters. The van der Waals surface area contributed by atoms with E-state index < -0.39 is 0 Å². The fourth-order valence-electron chi connectivity index (χ4n) is 1.25. The van der Waals surface area contributed by atoms with Gasteiger partial charge in [0.05, 0.1) is 6.04 Å². The SMILES string of the molecule is CCCCCNC(=O)C(C)NCCCN. The molecule has 4 nitrogen and oxygen atoms in total. The van der Waals surface area contributed by atoms with Gasteiger partial charge in [0, 0.05) is 6.54 Å². The molecule has 1 atom stereocenters. The summed E-state index contributed by atoms with van der Waals surface area (Å²) >= 11 is 0. The van der Waals surface area contributed by atoms with Crippen LogP contribution in [0.1, 0.15) is 39.5 Å². The van der Waals surface area contributed by atoms with Crippen LogP contribution < -0.4 is 16.4 Å². The van der Waals surface area contributed by atoms with E-state index >= 15 is 0 Å². The molecule has 0 saturated heterocycles. The molecule has 4 N–H and O–H groups in total. The van der Waals surface area contributed by atoms with E-state index in [1.165, 1.54) is 12.8 Å². The highest BCUT2D eigenvalue weighted by molar-refractivity contribution is 5.81. The van der Waals surface area contributed by atoms with Crippen molar-refractivity contribution in [3.05, 3.63) is 0 Å². The molecule has 15 heavy (non-hydrogen) atoms. The third kappa shape index (κ3) is 8.39. The van der Waals surface area contributed by atoms with Gasteiger partial charge in [-0.25, -0.2) is 0 Å². The van der Waals surface area contributed by atoms with Gasteiger partial charge in [0.15, 0.2) is 0 Å². The first-order valence-corrected chi connectivity index (χ1v) is 5.93. The maximum Gasteiger partial charge on any atom is 0.236 e. The molecule has 0 radical (unpaired) electrons. The minimum atomic E-state index is -0.113. The molecule has 0 bridgehead atoms. The summed E-state index contributed by atoms with van der Waals surface area (Å²) in [5.74, 6) is 0.0862. The lowest BCUT2D eigenvalue weighted by Gasteiger charge is -2.13. The summed E-state index contributed by atoms with van der Waals surface area (Å²) in [6.45, 7) is 6.29. The van der Waals surface area contributed by atoms with E-state index in [9.17, 15) is 4.79 Å². The number of carbonyl (C=O) groups is 1. The molecule has 4 heteroatoms. The summed E-state index contributed by atoms with van der Waals surface area (Å²) < 4.78 is 0. The molecule has 0 spiro atoms. The molecule has 0 saturated carbocycles. The summed E-state index contributed by atoms with van der Waals surface area (Å²) in [5, 5.41) is 6.04. The number of nitrogens with two attached hydrogens (primary N) is 1. The predicted octanol–water partition coefficient (Wildman–Crippen LogP) is 0.620. The van der Waals surface area contributed by atoms with Gasteiger partial charge in [-0.2, -0.15) is 0 Å². The highest BCUT2D eigenvalue weighted by Crippen LogP contribution is 1.91. The molecule has 0 aliphatic heterocycles. The van der Waals surface area contributed by atoms with Crippen LogP contribution in [0.2, 0.25) is 0 Å². The first-order chi connectivity index (χ1) is 7.22. The van der Waals surface area contributed by atoms with Gasteiger partial charge in [0.25, 0.3) is 0 Å². The molecular formula is C11H25N3O. The monoisotopic (exact) mass is 215 g/mol. The molecule has 90 valence electrons. The number of unbranched alkanes of at least 4 members (excludes halogenated alkanes) is 2. The Labute approximate surface area is 93.0 Å². The average molecular weight is 215 g/mol. The van der Waals surface area contributed by atoms with Crippen molar-refractivity contribution in [2.24, 2.45) is 5.73 Å². The summed E-state index contributed by atoms with van der Waals surface area (Å²) in [5.41, 5.74) is 5.36. The molecule has 0 aliphatic carbocycles. The number of amides is 1. The Bertz CT molecular complexity index is 162. The molecule has 1 amide bonds. The Kier molecular flexibility index (Phi) is 9.52. The Hall–Kier alpha value is -0.610. The Balaban J connectivity index is 3.42. The van der Waals surface area contributed by atoms with Gasteiger partial charge in [-0.1, -0.05) is 19.8 Å². The zero-order chi connectivity index (χ0) is 11.5. The highest BCUT2D eigenvalue weighted by Gasteiger charge is 2.09. The Morgan fingerprint density at radius 1 is 1.27 bits per heavy atom. The van der Waals surface area contributed by atoms with E-state index in [0.29, 0.717) is 6.54 Å². The maximum absolute atomic E-state index is 11.5. The van der Waals surface area contributed by atoms with Crippen LogP contribution in [0.5, 0.6) is 0 Å². The molecule has 0 fully saturated rings. The van der Waals surface area contributed by atoms with Crippen LogP contribution in [0.3, 0.4) is 0 Å². The number of carbonyl (C=O) groups excluding carboxylic acids is 1. The first kappa shape index (κ1) is 14.4. The first-order valence-electron chi connectivity index (χ1n) is 5.93. The van der Waals surface area contributed by atoms with Crippen LogP contribution >= 0.6 is 0 Å². The number of rotatable bonds is 9. The maximum atomic E-state index is 11.5. The smallest absolute Gasteiger partial charge is 0.236 e. The second-order valence-electron chi connectivity index (χ2n) is 3.82. The van der Waals surface area contributed by atoms with Crippen LogP contribution in [0.15, 0.2) is 0 Å². The van der Waals surface area contributed by atoms with E-state index in [1.807, 2.05) is 6.92 Å². The quantitative estimate of drug-likeness (QED) is 0.494. The third-order valence-corrected chi connectivity index (χ3v) is 2.30. The molecule has 0 aromatic rings. The van der Waals surface area contributed by atoms with Crippen molar-refractivity contribution in [3.8, 4) is 0 Å². The van der Waals surface area contributed by atoms with Gasteiger partial charge in [0.1, 0.15) is 0 Å². The minimum absolute atomic E-state index is 0.0862. The van der Waals surface area contributed by atoms with Crippen molar-refractivity contribution in [1.29, 1.82) is 0 Å².